The lowest BCUT2D eigenvalue weighted by Gasteiger charge is -2.18. The first kappa shape index (κ1) is 20.7. The van der Waals surface area contributed by atoms with Gasteiger partial charge in [0.2, 0.25) is 0 Å². The Morgan fingerprint density at radius 2 is 1.92 bits per heavy atom. The van der Waals surface area contributed by atoms with E-state index >= 15 is 0 Å². The number of ether oxygens (including phenoxy) is 1. The highest BCUT2D eigenvalue weighted by Gasteiger charge is 2.26. The highest BCUT2D eigenvalue weighted by Crippen LogP contribution is 2.43. The minimum Gasteiger partial charge on any atom is -0.481 e. The van der Waals surface area contributed by atoms with Crippen LogP contribution < -0.4 is 0 Å². The van der Waals surface area contributed by atoms with Crippen LogP contribution in [0.1, 0.15) is 42.1 Å². The molecule has 1 rings (SSSR count). The summed E-state index contributed by atoms with van der Waals surface area (Å²) in [6.07, 6.45) is -0.303. The van der Waals surface area contributed by atoms with Crippen LogP contribution in [0.2, 0.25) is 0 Å². The summed E-state index contributed by atoms with van der Waals surface area (Å²) in [7, 11) is 1.21. The van der Waals surface area contributed by atoms with Crippen molar-refractivity contribution < 1.29 is 33.4 Å². The first-order valence-corrected chi connectivity index (χ1v) is 9.82. The van der Waals surface area contributed by atoms with Crippen molar-refractivity contribution in [3.05, 3.63) is 35.4 Å². The zero-order valence-electron chi connectivity index (χ0n) is 13.7. The molecular formula is C15H21O7PS. The molecule has 7 nitrogen and oxygen atoms in total. The quantitative estimate of drug-likeness (QED) is 0.501. The SMILES string of the molecule is COP(O)(=S)OCCC(C(=O)O)c1ccccc1C(=O)OC(C)C. The third-order valence-electron chi connectivity index (χ3n) is 3.09. The molecule has 2 unspecified atom stereocenters. The van der Waals surface area contributed by atoms with Crippen LogP contribution in [-0.2, 0) is 30.4 Å². The molecule has 0 aliphatic heterocycles. The lowest BCUT2D eigenvalue weighted by Crippen LogP contribution is -2.19. The summed E-state index contributed by atoms with van der Waals surface area (Å²) in [4.78, 5) is 33.3. The summed E-state index contributed by atoms with van der Waals surface area (Å²) in [5.41, 5.74) is 0.511. The predicted octanol–water partition coefficient (Wildman–Crippen LogP) is 2.69. The number of carboxylic acid groups (broad SMARTS) is 1. The van der Waals surface area contributed by atoms with Gasteiger partial charge in [0.05, 0.1) is 24.2 Å². The van der Waals surface area contributed by atoms with E-state index in [1.807, 2.05) is 0 Å². The van der Waals surface area contributed by atoms with Crippen LogP contribution in [-0.4, -0.2) is 41.8 Å². The molecule has 0 aliphatic rings. The Kier molecular flexibility index (Phi) is 7.99. The van der Waals surface area contributed by atoms with Crippen LogP contribution in [0, 0.1) is 0 Å². The second-order valence-electron chi connectivity index (χ2n) is 5.21. The van der Waals surface area contributed by atoms with Crippen LogP contribution in [0.15, 0.2) is 24.3 Å². The number of rotatable bonds is 9. The lowest BCUT2D eigenvalue weighted by molar-refractivity contribution is -0.139. The Morgan fingerprint density at radius 1 is 1.29 bits per heavy atom. The summed E-state index contributed by atoms with van der Waals surface area (Å²) >= 11 is 4.69. The molecule has 0 aliphatic carbocycles. The first-order valence-electron chi connectivity index (χ1n) is 7.23. The van der Waals surface area contributed by atoms with Gasteiger partial charge >= 0.3 is 18.7 Å². The summed E-state index contributed by atoms with van der Waals surface area (Å²) in [5, 5.41) is 9.48. The van der Waals surface area contributed by atoms with Gasteiger partial charge < -0.3 is 23.8 Å². The van der Waals surface area contributed by atoms with Crippen molar-refractivity contribution in [2.75, 3.05) is 13.7 Å². The van der Waals surface area contributed by atoms with Gasteiger partial charge in [-0.3, -0.25) is 4.79 Å². The Bertz CT molecular complexity index is 632. The van der Waals surface area contributed by atoms with Crippen molar-refractivity contribution in [1.82, 2.24) is 0 Å². The molecule has 0 heterocycles. The number of hydrogen-bond donors (Lipinski definition) is 2. The summed E-state index contributed by atoms with van der Waals surface area (Å²) in [5.74, 6) is -2.71. The van der Waals surface area contributed by atoms with Crippen molar-refractivity contribution in [3.63, 3.8) is 0 Å². The van der Waals surface area contributed by atoms with Gasteiger partial charge in [-0.1, -0.05) is 18.2 Å². The van der Waals surface area contributed by atoms with E-state index in [1.54, 1.807) is 32.0 Å². The van der Waals surface area contributed by atoms with E-state index in [9.17, 15) is 19.6 Å². The number of hydrogen-bond acceptors (Lipinski definition) is 6. The van der Waals surface area contributed by atoms with Crippen LogP contribution >= 0.6 is 6.72 Å². The topological polar surface area (TPSA) is 102 Å². The number of carbonyl (C=O) groups is 2. The van der Waals surface area contributed by atoms with Crippen LogP contribution in [0.4, 0.5) is 0 Å². The Hall–Kier alpha value is -1.31. The Morgan fingerprint density at radius 3 is 2.46 bits per heavy atom. The van der Waals surface area contributed by atoms with Gasteiger partial charge in [-0.05, 0) is 43.7 Å². The monoisotopic (exact) mass is 376 g/mol. The molecule has 0 radical (unpaired) electrons. The van der Waals surface area contributed by atoms with Gasteiger partial charge in [0, 0.05) is 7.11 Å². The fourth-order valence-electron chi connectivity index (χ4n) is 2.01. The molecule has 0 aromatic heterocycles. The zero-order chi connectivity index (χ0) is 18.3. The first-order chi connectivity index (χ1) is 11.2. The number of carbonyl (C=O) groups excluding carboxylic acids is 1. The molecule has 0 saturated heterocycles. The van der Waals surface area contributed by atoms with Crippen LogP contribution in [0.5, 0.6) is 0 Å². The fourth-order valence-corrected chi connectivity index (χ4v) is 2.68. The van der Waals surface area contributed by atoms with E-state index in [0.29, 0.717) is 5.56 Å². The molecule has 0 amide bonds. The summed E-state index contributed by atoms with van der Waals surface area (Å²) in [6, 6.07) is 6.35. The highest BCUT2D eigenvalue weighted by atomic mass is 32.5. The number of esters is 1. The minimum absolute atomic E-state index is 0.0175. The molecule has 9 heteroatoms. The second kappa shape index (κ2) is 9.25. The molecule has 2 N–H and O–H groups in total. The smallest absolute Gasteiger partial charge is 0.338 e. The fraction of sp³-hybridized carbons (Fsp3) is 0.467. The van der Waals surface area contributed by atoms with Crippen molar-refractivity contribution in [3.8, 4) is 0 Å². The maximum absolute atomic E-state index is 12.2. The lowest BCUT2D eigenvalue weighted by atomic mass is 9.92. The third-order valence-corrected chi connectivity index (χ3v) is 4.82. The van der Waals surface area contributed by atoms with Gasteiger partial charge in [-0.25, -0.2) is 4.79 Å². The third kappa shape index (κ3) is 6.30. The van der Waals surface area contributed by atoms with Crippen molar-refractivity contribution in [2.45, 2.75) is 32.3 Å². The summed E-state index contributed by atoms with van der Waals surface area (Å²) < 4.78 is 14.8. The molecule has 0 saturated carbocycles. The molecular weight excluding hydrogens is 355 g/mol. The molecule has 2 atom stereocenters. The van der Waals surface area contributed by atoms with Crippen molar-refractivity contribution in [2.24, 2.45) is 0 Å². The molecule has 134 valence electrons. The van der Waals surface area contributed by atoms with Gasteiger partial charge in [0.25, 0.3) is 0 Å². The maximum Gasteiger partial charge on any atom is 0.338 e. The number of aliphatic carboxylic acids is 1. The summed E-state index contributed by atoms with van der Waals surface area (Å²) in [6.45, 7) is -0.0509. The van der Waals surface area contributed by atoms with E-state index in [-0.39, 0.29) is 24.7 Å². The van der Waals surface area contributed by atoms with Crippen LogP contribution in [0.3, 0.4) is 0 Å². The largest absolute Gasteiger partial charge is 0.481 e. The molecule has 24 heavy (non-hydrogen) atoms. The Balaban J connectivity index is 2.99. The van der Waals surface area contributed by atoms with E-state index in [0.717, 1.165) is 0 Å². The van der Waals surface area contributed by atoms with Gasteiger partial charge in [0.15, 0.2) is 0 Å². The Labute approximate surface area is 145 Å². The van der Waals surface area contributed by atoms with Crippen molar-refractivity contribution >= 4 is 30.5 Å². The standard InChI is InChI=1S/C15H21O7PS/c1-10(2)22-15(18)13-7-5-4-6-11(13)12(14(16)17)8-9-21-23(19,24)20-3/h4-7,10,12H,8-9H2,1-3H3,(H,16,17)(H,19,24). The molecule has 0 fully saturated rings. The maximum atomic E-state index is 12.2. The van der Waals surface area contributed by atoms with Gasteiger partial charge in [-0.2, -0.15) is 0 Å². The zero-order valence-corrected chi connectivity index (χ0v) is 15.4. The average molecular weight is 376 g/mol. The van der Waals surface area contributed by atoms with Gasteiger partial charge in [0.1, 0.15) is 0 Å². The van der Waals surface area contributed by atoms with E-state index in [2.05, 4.69) is 4.52 Å². The predicted molar refractivity (Wildman–Crippen MR) is 91.5 cm³/mol. The average Bonchev–Trinajstić information content (AvgIpc) is 2.50. The minimum atomic E-state index is -3.35. The van der Waals surface area contributed by atoms with E-state index in [1.165, 1.54) is 13.2 Å². The number of benzene rings is 1. The molecule has 0 spiro atoms. The second-order valence-corrected chi connectivity index (χ2v) is 8.15. The van der Waals surface area contributed by atoms with Gasteiger partial charge in [-0.15, -0.1) is 0 Å². The molecule has 1 aromatic carbocycles. The van der Waals surface area contributed by atoms with Crippen molar-refractivity contribution in [1.29, 1.82) is 0 Å². The molecule has 1 aromatic rings. The highest BCUT2D eigenvalue weighted by molar-refractivity contribution is 8.07. The number of carboxylic acids is 1. The van der Waals surface area contributed by atoms with E-state index < -0.39 is 24.6 Å². The van der Waals surface area contributed by atoms with Crippen LogP contribution in [0.25, 0.3) is 0 Å². The normalized spacial score (nSPS) is 14.9. The molecule has 0 bridgehead atoms. The van der Waals surface area contributed by atoms with E-state index in [4.69, 9.17) is 21.1 Å².